The van der Waals surface area contributed by atoms with Crippen molar-refractivity contribution in [1.82, 2.24) is 30.3 Å². The third kappa shape index (κ3) is 3.48. The van der Waals surface area contributed by atoms with E-state index in [-0.39, 0.29) is 0 Å². The van der Waals surface area contributed by atoms with Crippen LogP contribution in [0.5, 0.6) is 0 Å². The highest BCUT2D eigenvalue weighted by atomic mass is 32.2. The highest BCUT2D eigenvalue weighted by molar-refractivity contribution is 7.98. The topological polar surface area (TPSA) is 82.5 Å². The van der Waals surface area contributed by atoms with Gasteiger partial charge in [-0.3, -0.25) is 0 Å². The largest absolute Gasteiger partial charge is 0.333 e. The van der Waals surface area contributed by atoms with Crippen LogP contribution in [0.1, 0.15) is 19.7 Å². The van der Waals surface area contributed by atoms with Crippen LogP contribution in [0.3, 0.4) is 0 Å². The van der Waals surface area contributed by atoms with Gasteiger partial charge in [0, 0.05) is 6.54 Å². The number of nitrogens with zero attached hydrogens (tertiary/aromatic N) is 6. The monoisotopic (exact) mass is 322 g/mol. The first kappa shape index (κ1) is 14.2. The van der Waals surface area contributed by atoms with E-state index in [1.807, 2.05) is 17.5 Å². The van der Waals surface area contributed by atoms with Crippen molar-refractivity contribution < 1.29 is 4.52 Å². The minimum Gasteiger partial charge on any atom is -0.333 e. The molecule has 0 amide bonds. The fourth-order valence-corrected chi connectivity index (χ4v) is 3.08. The van der Waals surface area contributed by atoms with Crippen LogP contribution in [0.25, 0.3) is 10.8 Å². The molecular formula is C12H14N6OS2. The van der Waals surface area contributed by atoms with Crippen LogP contribution in [0, 0.1) is 5.92 Å². The minimum absolute atomic E-state index is 0.489. The first-order valence-corrected chi connectivity index (χ1v) is 8.34. The number of hydrogen-bond donors (Lipinski definition) is 0. The van der Waals surface area contributed by atoms with E-state index in [4.69, 9.17) is 4.52 Å². The summed E-state index contributed by atoms with van der Waals surface area (Å²) in [4.78, 5) is 5.35. The Balaban J connectivity index is 1.64. The van der Waals surface area contributed by atoms with E-state index >= 15 is 0 Å². The van der Waals surface area contributed by atoms with Crippen molar-refractivity contribution >= 4 is 23.1 Å². The Bertz CT molecular complexity index is 690. The molecule has 0 aliphatic carbocycles. The van der Waals surface area contributed by atoms with Crippen molar-refractivity contribution in [2.45, 2.75) is 31.3 Å². The van der Waals surface area contributed by atoms with E-state index in [0.717, 1.165) is 16.6 Å². The fourth-order valence-electron chi connectivity index (χ4n) is 1.70. The molecule has 0 radical (unpaired) electrons. The zero-order valence-corrected chi connectivity index (χ0v) is 13.3. The molecule has 3 aromatic rings. The fraction of sp³-hybridized carbons (Fsp3) is 0.417. The van der Waals surface area contributed by atoms with Crippen molar-refractivity contribution in [2.75, 3.05) is 0 Å². The molecule has 21 heavy (non-hydrogen) atoms. The van der Waals surface area contributed by atoms with E-state index in [0.29, 0.717) is 23.4 Å². The molecule has 0 unspecified atom stereocenters. The number of aromatic nitrogens is 6. The molecule has 110 valence electrons. The molecule has 0 aromatic carbocycles. The van der Waals surface area contributed by atoms with E-state index in [1.165, 1.54) is 11.8 Å². The quantitative estimate of drug-likeness (QED) is 0.645. The predicted octanol–water partition coefficient (Wildman–Crippen LogP) is 2.73. The van der Waals surface area contributed by atoms with E-state index in [9.17, 15) is 0 Å². The normalized spacial score (nSPS) is 11.4. The van der Waals surface area contributed by atoms with Crippen LogP contribution >= 0.6 is 23.1 Å². The van der Waals surface area contributed by atoms with Crippen molar-refractivity contribution in [1.29, 1.82) is 0 Å². The lowest BCUT2D eigenvalue weighted by atomic mass is 10.2. The van der Waals surface area contributed by atoms with Gasteiger partial charge in [0.15, 0.2) is 5.82 Å². The first-order valence-electron chi connectivity index (χ1n) is 6.48. The average Bonchev–Trinajstić information content (AvgIpc) is 3.17. The lowest BCUT2D eigenvalue weighted by Crippen LogP contribution is -2.07. The van der Waals surface area contributed by atoms with Crippen molar-refractivity contribution in [3.05, 3.63) is 23.3 Å². The molecule has 3 aromatic heterocycles. The number of thiophene rings is 1. The Labute approximate surface area is 129 Å². The van der Waals surface area contributed by atoms with Crippen molar-refractivity contribution in [3.63, 3.8) is 0 Å². The molecule has 7 nitrogen and oxygen atoms in total. The maximum atomic E-state index is 5.25. The Morgan fingerprint density at radius 3 is 3.10 bits per heavy atom. The first-order chi connectivity index (χ1) is 10.2. The van der Waals surface area contributed by atoms with E-state index in [2.05, 4.69) is 39.5 Å². The maximum absolute atomic E-state index is 5.25. The highest BCUT2D eigenvalue weighted by Gasteiger charge is 2.13. The summed E-state index contributed by atoms with van der Waals surface area (Å²) in [6.07, 6.45) is 0. The molecule has 9 heteroatoms. The van der Waals surface area contributed by atoms with Gasteiger partial charge in [0.2, 0.25) is 5.16 Å². The molecule has 0 spiro atoms. The molecule has 0 N–H and O–H groups in total. The smallest absolute Gasteiger partial charge is 0.268 e. The molecule has 0 bridgehead atoms. The lowest BCUT2D eigenvalue weighted by molar-refractivity contribution is 0.426. The van der Waals surface area contributed by atoms with Gasteiger partial charge in [0.1, 0.15) is 0 Å². The number of hydrogen-bond acceptors (Lipinski definition) is 8. The summed E-state index contributed by atoms with van der Waals surface area (Å²) in [7, 11) is 0. The number of tetrazole rings is 1. The third-order valence-corrected chi connectivity index (χ3v) is 4.38. The second-order valence-electron chi connectivity index (χ2n) is 4.82. The summed E-state index contributed by atoms with van der Waals surface area (Å²) in [5.41, 5.74) is 0. The SMILES string of the molecule is CC(C)Cn1nnnc1SCc1noc(-c2cccs2)n1. The minimum atomic E-state index is 0.489. The van der Waals surface area contributed by atoms with Crippen molar-refractivity contribution in [2.24, 2.45) is 5.92 Å². The summed E-state index contributed by atoms with van der Waals surface area (Å²) in [5.74, 6) is 2.26. The maximum Gasteiger partial charge on any atom is 0.268 e. The van der Waals surface area contributed by atoms with E-state index < -0.39 is 0 Å². The van der Waals surface area contributed by atoms with Gasteiger partial charge in [0.25, 0.3) is 5.89 Å². The highest BCUT2D eigenvalue weighted by Crippen LogP contribution is 2.24. The van der Waals surface area contributed by atoms with Gasteiger partial charge in [-0.05, 0) is 27.8 Å². The zero-order valence-electron chi connectivity index (χ0n) is 11.6. The number of rotatable bonds is 6. The molecule has 0 saturated carbocycles. The second kappa shape index (κ2) is 6.35. The average molecular weight is 322 g/mol. The summed E-state index contributed by atoms with van der Waals surface area (Å²) < 4.78 is 7.05. The predicted molar refractivity (Wildman–Crippen MR) is 79.8 cm³/mol. The molecule has 0 fully saturated rings. The Morgan fingerprint density at radius 2 is 2.33 bits per heavy atom. The summed E-state index contributed by atoms with van der Waals surface area (Å²) in [6.45, 7) is 5.05. The molecule has 0 saturated heterocycles. The van der Waals surface area contributed by atoms with Crippen LogP contribution in [0.2, 0.25) is 0 Å². The van der Waals surface area contributed by atoms with Crippen LogP contribution in [-0.4, -0.2) is 30.3 Å². The van der Waals surface area contributed by atoms with Gasteiger partial charge in [0.05, 0.1) is 10.6 Å². The van der Waals surface area contributed by atoms with Gasteiger partial charge in [-0.1, -0.05) is 36.8 Å². The van der Waals surface area contributed by atoms with Crippen LogP contribution in [0.15, 0.2) is 27.2 Å². The molecule has 0 aliphatic heterocycles. The molecular weight excluding hydrogens is 308 g/mol. The lowest BCUT2D eigenvalue weighted by Gasteiger charge is -2.05. The standard InChI is InChI=1S/C12H14N6OS2/c1-8(2)6-18-12(14-16-17-18)21-7-10-13-11(19-15-10)9-4-3-5-20-9/h3-5,8H,6-7H2,1-2H3. The van der Waals surface area contributed by atoms with Gasteiger partial charge >= 0.3 is 0 Å². The zero-order chi connectivity index (χ0) is 14.7. The molecule has 0 atom stereocenters. The molecule has 3 heterocycles. The van der Waals surface area contributed by atoms with Crippen LogP contribution in [-0.2, 0) is 12.3 Å². The Kier molecular flexibility index (Phi) is 4.30. The summed E-state index contributed by atoms with van der Waals surface area (Å²) in [6, 6.07) is 3.91. The van der Waals surface area contributed by atoms with Gasteiger partial charge in [-0.15, -0.1) is 16.4 Å². The molecule has 0 aliphatic rings. The van der Waals surface area contributed by atoms with Crippen LogP contribution in [0.4, 0.5) is 0 Å². The summed E-state index contributed by atoms with van der Waals surface area (Å²) >= 11 is 3.08. The Hall–Kier alpha value is -1.74. The number of thioether (sulfide) groups is 1. The Morgan fingerprint density at radius 1 is 1.43 bits per heavy atom. The van der Waals surface area contributed by atoms with Gasteiger partial charge in [-0.25, -0.2) is 4.68 Å². The van der Waals surface area contributed by atoms with E-state index in [1.54, 1.807) is 16.0 Å². The molecule has 3 rings (SSSR count). The second-order valence-corrected chi connectivity index (χ2v) is 6.71. The van der Waals surface area contributed by atoms with Crippen molar-refractivity contribution in [3.8, 4) is 10.8 Å². The summed E-state index contributed by atoms with van der Waals surface area (Å²) in [5, 5.41) is 18.5. The van der Waals surface area contributed by atoms with Crippen LogP contribution < -0.4 is 0 Å². The van der Waals surface area contributed by atoms with Gasteiger partial charge in [-0.2, -0.15) is 4.98 Å². The van der Waals surface area contributed by atoms with Gasteiger partial charge < -0.3 is 4.52 Å². The third-order valence-electron chi connectivity index (χ3n) is 2.57.